The average molecular weight is 322 g/mol. The molecule has 2 N–H and O–H groups in total. The lowest BCUT2D eigenvalue weighted by molar-refractivity contribution is -0.141. The number of carbonyl (C=O) groups excluding carboxylic acids is 1. The fourth-order valence-electron chi connectivity index (χ4n) is 2.57. The summed E-state index contributed by atoms with van der Waals surface area (Å²) in [4.78, 5) is 16.0. The van der Waals surface area contributed by atoms with Crippen molar-refractivity contribution in [3.8, 4) is 11.3 Å². The summed E-state index contributed by atoms with van der Waals surface area (Å²) >= 11 is 0. The topological polar surface area (TPSA) is 73.3 Å². The van der Waals surface area contributed by atoms with Crippen molar-refractivity contribution in [3.05, 3.63) is 41.1 Å². The number of rotatable bonds is 2. The van der Waals surface area contributed by atoms with Gasteiger partial charge in [-0.1, -0.05) is 6.07 Å². The Labute approximate surface area is 129 Å². The first-order valence-corrected chi connectivity index (χ1v) is 6.84. The van der Waals surface area contributed by atoms with E-state index < -0.39 is 11.9 Å². The Morgan fingerprint density at radius 3 is 2.61 bits per heavy atom. The smallest absolute Gasteiger partial charge is 0.325 e. The van der Waals surface area contributed by atoms with Gasteiger partial charge in [0.2, 0.25) is 0 Å². The van der Waals surface area contributed by atoms with Crippen molar-refractivity contribution in [1.29, 1.82) is 0 Å². The highest BCUT2D eigenvalue weighted by molar-refractivity contribution is 6.16. The van der Waals surface area contributed by atoms with E-state index in [1.165, 1.54) is 7.05 Å². The predicted molar refractivity (Wildman–Crippen MR) is 78.4 cm³/mol. The lowest BCUT2D eigenvalue weighted by atomic mass is 9.93. The number of nitrogens with two attached hydrogens (primary N) is 1. The van der Waals surface area contributed by atoms with Crippen LogP contribution in [0.2, 0.25) is 0 Å². The summed E-state index contributed by atoms with van der Waals surface area (Å²) in [6.45, 7) is 0.200. The van der Waals surface area contributed by atoms with Crippen molar-refractivity contribution in [3.63, 3.8) is 0 Å². The van der Waals surface area contributed by atoms with Gasteiger partial charge in [-0.25, -0.2) is 0 Å². The average Bonchev–Trinajstić information content (AvgIpc) is 2.89. The van der Waals surface area contributed by atoms with Crippen LogP contribution < -0.4 is 5.73 Å². The van der Waals surface area contributed by atoms with Crippen LogP contribution in [0, 0.1) is 0 Å². The zero-order valence-corrected chi connectivity index (χ0v) is 12.2. The number of hydrogen-bond donors (Lipinski definition) is 1. The number of ketones is 1. The third kappa shape index (κ3) is 2.65. The minimum Gasteiger partial charge on any atom is -0.325 e. The maximum Gasteiger partial charge on any atom is 0.435 e. The van der Waals surface area contributed by atoms with Crippen LogP contribution in [0.25, 0.3) is 11.3 Å². The Kier molecular flexibility index (Phi) is 3.56. The standard InChI is InChI=1S/C15H13F3N4O/c1-22-12(5-14(21-22)15(16,17)18)8-2-3-9-10(4-8)11(6-19)20-7-13(9)23/h2-5H,6-7,19H2,1H3. The van der Waals surface area contributed by atoms with Gasteiger partial charge in [-0.3, -0.25) is 14.5 Å². The molecule has 0 bridgehead atoms. The molecule has 5 nitrogen and oxygen atoms in total. The molecule has 0 radical (unpaired) electrons. The highest BCUT2D eigenvalue weighted by Crippen LogP contribution is 2.32. The van der Waals surface area contributed by atoms with Crippen LogP contribution >= 0.6 is 0 Å². The van der Waals surface area contributed by atoms with E-state index in [9.17, 15) is 18.0 Å². The second-order valence-corrected chi connectivity index (χ2v) is 5.19. The molecule has 0 aliphatic carbocycles. The molecule has 1 aromatic carbocycles. The Bertz CT molecular complexity index is 821. The second kappa shape index (κ2) is 5.31. The van der Waals surface area contributed by atoms with Crippen LogP contribution in [0.15, 0.2) is 29.3 Å². The van der Waals surface area contributed by atoms with E-state index in [2.05, 4.69) is 10.1 Å². The number of carbonyl (C=O) groups is 1. The second-order valence-electron chi connectivity index (χ2n) is 5.19. The van der Waals surface area contributed by atoms with Crippen molar-refractivity contribution in [2.24, 2.45) is 17.8 Å². The molecule has 3 rings (SSSR count). The maximum absolute atomic E-state index is 12.8. The van der Waals surface area contributed by atoms with E-state index in [-0.39, 0.29) is 18.9 Å². The number of alkyl halides is 3. The van der Waals surface area contributed by atoms with Crippen molar-refractivity contribution in [2.75, 3.05) is 13.1 Å². The molecule has 1 aromatic heterocycles. The summed E-state index contributed by atoms with van der Waals surface area (Å²) in [7, 11) is 1.44. The number of benzene rings is 1. The van der Waals surface area contributed by atoms with Crippen LogP contribution in [-0.2, 0) is 13.2 Å². The number of nitrogens with zero attached hydrogens (tertiary/aromatic N) is 3. The molecule has 8 heteroatoms. The summed E-state index contributed by atoms with van der Waals surface area (Å²) in [5.41, 5.74) is 7.12. The Morgan fingerprint density at radius 2 is 2.00 bits per heavy atom. The fraction of sp³-hybridized carbons (Fsp3) is 0.267. The van der Waals surface area contributed by atoms with E-state index in [4.69, 9.17) is 5.73 Å². The number of aromatic nitrogens is 2. The third-order valence-electron chi connectivity index (χ3n) is 3.70. The first-order chi connectivity index (χ1) is 10.8. The fourth-order valence-corrected chi connectivity index (χ4v) is 2.57. The number of hydrogen-bond acceptors (Lipinski definition) is 4. The lowest BCUT2D eigenvalue weighted by Gasteiger charge is -2.16. The molecule has 23 heavy (non-hydrogen) atoms. The molecule has 1 aliphatic rings. The van der Waals surface area contributed by atoms with Crippen LogP contribution in [0.1, 0.15) is 21.6 Å². The normalized spacial score (nSPS) is 14.7. The zero-order valence-electron chi connectivity index (χ0n) is 12.2. The summed E-state index contributed by atoms with van der Waals surface area (Å²) < 4.78 is 39.5. The van der Waals surface area contributed by atoms with E-state index in [1.54, 1.807) is 18.2 Å². The van der Waals surface area contributed by atoms with E-state index in [0.717, 1.165) is 10.7 Å². The number of halogens is 3. The summed E-state index contributed by atoms with van der Waals surface area (Å²) in [6.07, 6.45) is -4.51. The van der Waals surface area contributed by atoms with E-state index in [1.807, 2.05) is 0 Å². The van der Waals surface area contributed by atoms with Crippen molar-refractivity contribution in [1.82, 2.24) is 9.78 Å². The van der Waals surface area contributed by atoms with Crippen LogP contribution in [-0.4, -0.2) is 34.4 Å². The molecule has 0 saturated carbocycles. The number of fused-ring (bicyclic) bond motifs is 1. The SMILES string of the molecule is Cn1nc(C(F)(F)F)cc1-c1ccc2c(c1)C(CN)=NCC2=O. The van der Waals surface area contributed by atoms with Gasteiger partial charge in [-0.05, 0) is 18.2 Å². The molecule has 1 aliphatic heterocycles. The molecule has 0 unspecified atom stereocenters. The van der Waals surface area contributed by atoms with Gasteiger partial charge in [0.25, 0.3) is 0 Å². The number of aryl methyl sites for hydroxylation is 1. The zero-order chi connectivity index (χ0) is 16.8. The van der Waals surface area contributed by atoms with E-state index in [0.29, 0.717) is 28.1 Å². The van der Waals surface area contributed by atoms with Crippen molar-refractivity contribution < 1.29 is 18.0 Å². The van der Waals surface area contributed by atoms with Crippen molar-refractivity contribution in [2.45, 2.75) is 6.18 Å². The van der Waals surface area contributed by atoms with Crippen molar-refractivity contribution >= 4 is 11.5 Å². The van der Waals surface area contributed by atoms with Gasteiger partial charge in [0.05, 0.1) is 11.4 Å². The van der Waals surface area contributed by atoms with Gasteiger partial charge in [0.15, 0.2) is 11.5 Å². The van der Waals surface area contributed by atoms with Gasteiger partial charge < -0.3 is 5.73 Å². The molecular formula is C15H13F3N4O. The lowest BCUT2D eigenvalue weighted by Crippen LogP contribution is -2.25. The summed E-state index contributed by atoms with van der Waals surface area (Å²) in [5, 5.41) is 3.49. The minimum atomic E-state index is -4.51. The number of aliphatic imine (C=N–C) groups is 1. The van der Waals surface area contributed by atoms with Gasteiger partial charge >= 0.3 is 6.18 Å². The molecular weight excluding hydrogens is 309 g/mol. The highest BCUT2D eigenvalue weighted by atomic mass is 19.4. The Morgan fingerprint density at radius 1 is 1.26 bits per heavy atom. The predicted octanol–water partition coefficient (Wildman–Crippen LogP) is 2.05. The Hall–Kier alpha value is -2.48. The van der Waals surface area contributed by atoms with Crippen LogP contribution in [0.3, 0.4) is 0 Å². The molecule has 0 spiro atoms. The molecule has 120 valence electrons. The van der Waals surface area contributed by atoms with Gasteiger partial charge in [-0.2, -0.15) is 18.3 Å². The molecule has 0 amide bonds. The monoisotopic (exact) mass is 322 g/mol. The van der Waals surface area contributed by atoms with Crippen LogP contribution in [0.5, 0.6) is 0 Å². The summed E-state index contributed by atoms with van der Waals surface area (Å²) in [5.74, 6) is -0.135. The van der Waals surface area contributed by atoms with Gasteiger partial charge in [0, 0.05) is 30.3 Å². The highest BCUT2D eigenvalue weighted by Gasteiger charge is 2.34. The third-order valence-corrected chi connectivity index (χ3v) is 3.70. The molecule has 2 heterocycles. The largest absolute Gasteiger partial charge is 0.435 e. The first-order valence-electron chi connectivity index (χ1n) is 6.84. The summed E-state index contributed by atoms with van der Waals surface area (Å²) in [6, 6.07) is 5.81. The van der Waals surface area contributed by atoms with Gasteiger partial charge in [-0.15, -0.1) is 0 Å². The number of Topliss-reactive ketones (excluding diaryl/α,β-unsaturated/α-hetero) is 1. The van der Waals surface area contributed by atoms with Gasteiger partial charge in [0.1, 0.15) is 6.54 Å². The Balaban J connectivity index is 2.12. The van der Waals surface area contributed by atoms with E-state index >= 15 is 0 Å². The molecule has 0 saturated heterocycles. The maximum atomic E-state index is 12.8. The quantitative estimate of drug-likeness (QED) is 0.919. The first kappa shape index (κ1) is 15.4. The molecule has 0 fully saturated rings. The van der Waals surface area contributed by atoms with Crippen LogP contribution in [0.4, 0.5) is 13.2 Å². The minimum absolute atomic E-state index is 0.0445. The molecule has 2 aromatic rings. The molecule has 0 atom stereocenters.